The zero-order valence-corrected chi connectivity index (χ0v) is 23.9. The maximum absolute atomic E-state index is 13.8. The SMILES string of the molecule is CS(=O)(=O)c1ccc(Nc2ccc(N)cn2)cc1F.CS(=O)(=O)c1ccc(Nc2ccc3nc(N)sc3n2)cc1F. The van der Waals surface area contributed by atoms with E-state index in [1.165, 1.54) is 41.8 Å². The molecule has 0 aliphatic carbocycles. The van der Waals surface area contributed by atoms with Gasteiger partial charge in [0.25, 0.3) is 0 Å². The number of hydrogen-bond donors (Lipinski definition) is 4. The van der Waals surface area contributed by atoms with Crippen molar-refractivity contribution in [1.29, 1.82) is 0 Å². The van der Waals surface area contributed by atoms with Crippen molar-refractivity contribution in [2.45, 2.75) is 9.79 Å². The molecule has 0 radical (unpaired) electrons. The van der Waals surface area contributed by atoms with Gasteiger partial charge in [-0.3, -0.25) is 0 Å². The quantitative estimate of drug-likeness (QED) is 0.210. The van der Waals surface area contributed by atoms with Gasteiger partial charge in [-0.1, -0.05) is 11.3 Å². The largest absolute Gasteiger partial charge is 0.397 e. The van der Waals surface area contributed by atoms with Crippen molar-refractivity contribution in [2.24, 2.45) is 0 Å². The Morgan fingerprint density at radius 2 is 1.27 bits per heavy atom. The van der Waals surface area contributed by atoms with Crippen molar-refractivity contribution in [3.63, 3.8) is 0 Å². The van der Waals surface area contributed by atoms with E-state index < -0.39 is 31.3 Å². The Kier molecular flexibility index (Phi) is 8.37. The van der Waals surface area contributed by atoms with Crippen molar-refractivity contribution in [2.75, 3.05) is 34.6 Å². The number of sulfone groups is 2. The molecule has 11 nitrogen and oxygen atoms in total. The molecule has 3 aromatic heterocycles. The predicted octanol–water partition coefficient (Wildman–Crippen LogP) is 4.51. The van der Waals surface area contributed by atoms with Gasteiger partial charge in [0.1, 0.15) is 43.4 Å². The van der Waals surface area contributed by atoms with Crippen LogP contribution in [-0.4, -0.2) is 44.3 Å². The molecule has 0 atom stereocenters. The lowest BCUT2D eigenvalue weighted by molar-refractivity contribution is 0.569. The van der Waals surface area contributed by atoms with E-state index in [0.29, 0.717) is 44.2 Å². The highest BCUT2D eigenvalue weighted by molar-refractivity contribution is 7.91. The summed E-state index contributed by atoms with van der Waals surface area (Å²) in [5, 5.41) is 6.19. The fraction of sp³-hybridized carbons (Fsp3) is 0.0800. The number of nitrogens with zero attached hydrogens (tertiary/aromatic N) is 3. The van der Waals surface area contributed by atoms with Gasteiger partial charge in [0, 0.05) is 23.9 Å². The first-order chi connectivity index (χ1) is 19.2. The zero-order valence-electron chi connectivity index (χ0n) is 21.5. The van der Waals surface area contributed by atoms with E-state index in [-0.39, 0.29) is 9.79 Å². The molecule has 0 aliphatic rings. The molecule has 214 valence electrons. The number of anilines is 6. The zero-order chi connectivity index (χ0) is 29.9. The average molecular weight is 620 g/mol. The van der Waals surface area contributed by atoms with E-state index in [1.807, 2.05) is 0 Å². The number of aromatic nitrogens is 3. The lowest BCUT2D eigenvalue weighted by atomic mass is 10.3. The molecule has 0 amide bonds. The first kappa shape index (κ1) is 29.6. The summed E-state index contributed by atoms with van der Waals surface area (Å²) in [6.45, 7) is 0. The normalized spacial score (nSPS) is 11.5. The minimum atomic E-state index is -3.59. The Bertz CT molecular complexity index is 1950. The van der Waals surface area contributed by atoms with E-state index in [4.69, 9.17) is 11.5 Å². The summed E-state index contributed by atoms with van der Waals surface area (Å²) in [5.74, 6) is -0.637. The van der Waals surface area contributed by atoms with Gasteiger partial charge < -0.3 is 22.1 Å². The van der Waals surface area contributed by atoms with E-state index in [2.05, 4.69) is 25.6 Å². The van der Waals surface area contributed by atoms with E-state index >= 15 is 0 Å². The highest BCUT2D eigenvalue weighted by atomic mass is 32.2. The van der Waals surface area contributed by atoms with Crippen molar-refractivity contribution in [1.82, 2.24) is 15.0 Å². The molecule has 0 saturated heterocycles. The summed E-state index contributed by atoms with van der Waals surface area (Å²) in [6, 6.07) is 14.3. The highest BCUT2D eigenvalue weighted by Crippen LogP contribution is 2.26. The number of benzene rings is 2. The molecule has 5 rings (SSSR count). The first-order valence-electron chi connectivity index (χ1n) is 11.5. The number of hydrogen-bond acceptors (Lipinski definition) is 12. The highest BCUT2D eigenvalue weighted by Gasteiger charge is 2.15. The third kappa shape index (κ3) is 7.62. The molecule has 41 heavy (non-hydrogen) atoms. The van der Waals surface area contributed by atoms with Crippen LogP contribution in [0.2, 0.25) is 0 Å². The maximum atomic E-state index is 13.8. The summed E-state index contributed by atoms with van der Waals surface area (Å²) >= 11 is 1.25. The van der Waals surface area contributed by atoms with Crippen LogP contribution in [0.5, 0.6) is 0 Å². The summed E-state index contributed by atoms with van der Waals surface area (Å²) in [4.78, 5) is 12.4. The van der Waals surface area contributed by atoms with E-state index in [0.717, 1.165) is 24.6 Å². The second kappa shape index (κ2) is 11.6. The topological polar surface area (TPSA) is 183 Å². The first-order valence-corrected chi connectivity index (χ1v) is 16.1. The van der Waals surface area contributed by atoms with Crippen molar-refractivity contribution >= 4 is 75.2 Å². The second-order valence-corrected chi connectivity index (χ2v) is 13.6. The molecule has 5 aromatic rings. The molecule has 2 aromatic carbocycles. The number of halogens is 2. The Labute approximate surface area is 238 Å². The van der Waals surface area contributed by atoms with Gasteiger partial charge in [-0.2, -0.15) is 0 Å². The van der Waals surface area contributed by atoms with Crippen molar-refractivity contribution in [3.05, 3.63) is 78.5 Å². The number of nitrogens with two attached hydrogens (primary N) is 2. The van der Waals surface area contributed by atoms with Crippen LogP contribution in [0.3, 0.4) is 0 Å². The summed E-state index contributed by atoms with van der Waals surface area (Å²) in [5.41, 5.74) is 13.1. The van der Waals surface area contributed by atoms with Crippen LogP contribution in [0.25, 0.3) is 10.3 Å². The number of fused-ring (bicyclic) bond motifs is 1. The Balaban J connectivity index is 0.000000191. The smallest absolute Gasteiger partial charge is 0.182 e. The minimum Gasteiger partial charge on any atom is -0.397 e. The van der Waals surface area contributed by atoms with Crippen LogP contribution in [0.4, 0.5) is 42.6 Å². The van der Waals surface area contributed by atoms with Gasteiger partial charge in [-0.15, -0.1) is 0 Å². The summed E-state index contributed by atoms with van der Waals surface area (Å²) in [6.07, 6.45) is 3.38. The number of nitrogen functional groups attached to an aromatic ring is 2. The lowest BCUT2D eigenvalue weighted by Gasteiger charge is -2.07. The number of rotatable bonds is 6. The summed E-state index contributed by atoms with van der Waals surface area (Å²) < 4.78 is 72.8. The molecule has 0 saturated carbocycles. The average Bonchev–Trinajstić information content (AvgIpc) is 3.24. The molecule has 0 aliphatic heterocycles. The fourth-order valence-electron chi connectivity index (χ4n) is 3.44. The lowest BCUT2D eigenvalue weighted by Crippen LogP contribution is -2.02. The van der Waals surface area contributed by atoms with Crippen LogP contribution < -0.4 is 22.1 Å². The van der Waals surface area contributed by atoms with Gasteiger partial charge in [0.05, 0.1) is 11.9 Å². The standard InChI is InChI=1S/C13H11FN4O2S2.C12H12FN3O2S/c1-22(19,20)10-4-2-7(6-8(10)14)16-11-5-3-9-12(18-11)21-13(15)17-9;1-19(17,18)11-4-3-9(6-10(11)13)16-12-5-2-8(14)7-15-12/h2-6H,1H3,(H2,15,17)(H,16,18);2-7H,14H2,1H3,(H,15,16). The van der Waals surface area contributed by atoms with Crippen LogP contribution in [0.1, 0.15) is 0 Å². The van der Waals surface area contributed by atoms with Gasteiger partial charge in [-0.25, -0.2) is 40.6 Å². The van der Waals surface area contributed by atoms with Gasteiger partial charge in [0.15, 0.2) is 24.8 Å². The maximum Gasteiger partial charge on any atom is 0.182 e. The van der Waals surface area contributed by atoms with Crippen LogP contribution in [0.15, 0.2) is 76.7 Å². The van der Waals surface area contributed by atoms with Gasteiger partial charge in [-0.05, 0) is 60.7 Å². The molecule has 3 heterocycles. The molecule has 16 heteroatoms. The van der Waals surface area contributed by atoms with E-state index in [9.17, 15) is 25.6 Å². The summed E-state index contributed by atoms with van der Waals surface area (Å²) in [7, 11) is -7.15. The Hall–Kier alpha value is -4.41. The molecule has 0 unspecified atom stereocenters. The molecule has 0 bridgehead atoms. The molecule has 0 spiro atoms. The fourth-order valence-corrected chi connectivity index (χ4v) is 5.60. The minimum absolute atomic E-state index is 0.330. The van der Waals surface area contributed by atoms with Crippen molar-refractivity contribution < 1.29 is 25.6 Å². The number of pyridine rings is 2. The number of thiazole rings is 1. The third-order valence-corrected chi connectivity index (χ3v) is 8.32. The Morgan fingerprint density at radius 1 is 0.732 bits per heavy atom. The third-order valence-electron chi connectivity index (χ3n) is 5.27. The monoisotopic (exact) mass is 619 g/mol. The van der Waals surface area contributed by atoms with E-state index in [1.54, 1.807) is 24.3 Å². The number of nitrogens with one attached hydrogen (secondary N) is 2. The van der Waals surface area contributed by atoms with Crippen molar-refractivity contribution in [3.8, 4) is 0 Å². The van der Waals surface area contributed by atoms with Crippen LogP contribution in [-0.2, 0) is 19.7 Å². The molecule has 0 fully saturated rings. The predicted molar refractivity (Wildman–Crippen MR) is 156 cm³/mol. The van der Waals surface area contributed by atoms with Crippen LogP contribution >= 0.6 is 11.3 Å². The van der Waals surface area contributed by atoms with Gasteiger partial charge in [0.2, 0.25) is 0 Å². The Morgan fingerprint density at radius 3 is 1.76 bits per heavy atom. The van der Waals surface area contributed by atoms with Crippen LogP contribution in [0, 0.1) is 11.6 Å². The molecule has 6 N–H and O–H groups in total. The molecular weight excluding hydrogens is 597 g/mol. The van der Waals surface area contributed by atoms with Gasteiger partial charge >= 0.3 is 0 Å². The molecular formula is C25H23F2N7O4S3. The second-order valence-electron chi connectivity index (χ2n) is 8.63.